The number of rotatable bonds is 3. The van der Waals surface area contributed by atoms with Crippen LogP contribution in [0.1, 0.15) is 0 Å². The number of pyridine rings is 1. The second kappa shape index (κ2) is 6.27. The molecule has 17 heavy (non-hydrogen) atoms. The van der Waals surface area contributed by atoms with Gasteiger partial charge in [-0.05, 0) is 34.7 Å². The van der Waals surface area contributed by atoms with Crippen LogP contribution in [-0.2, 0) is 9.53 Å². The molecule has 1 aliphatic heterocycles. The third-order valence-electron chi connectivity index (χ3n) is 2.46. The van der Waals surface area contributed by atoms with E-state index in [0.29, 0.717) is 25.6 Å². The van der Waals surface area contributed by atoms with Crippen molar-refractivity contribution in [3.63, 3.8) is 0 Å². The molecule has 1 fully saturated rings. The Labute approximate surface area is 114 Å². The predicted octanol–water partition coefficient (Wildman–Crippen LogP) is 0.957. The zero-order chi connectivity index (χ0) is 12.1. The fourth-order valence-electron chi connectivity index (χ4n) is 1.62. The molecule has 0 bridgehead atoms. The monoisotopic (exact) mass is 347 g/mol. The third kappa shape index (κ3) is 4.21. The molecule has 92 valence electrons. The maximum absolute atomic E-state index is 11.8. The predicted molar refractivity (Wildman–Crippen MR) is 72.8 cm³/mol. The Bertz CT molecular complexity index is 394. The summed E-state index contributed by atoms with van der Waals surface area (Å²) in [7, 11) is 0. The number of carbonyl (C=O) groups is 1. The summed E-state index contributed by atoms with van der Waals surface area (Å²) in [6, 6.07) is 3.73. The molecule has 1 amide bonds. The van der Waals surface area contributed by atoms with Gasteiger partial charge in [-0.15, -0.1) is 0 Å². The topological polar surface area (TPSA) is 54.5 Å². The van der Waals surface area contributed by atoms with Crippen molar-refractivity contribution in [3.8, 4) is 0 Å². The van der Waals surface area contributed by atoms with Crippen molar-refractivity contribution in [3.05, 3.63) is 21.9 Å². The molecule has 0 saturated carbocycles. The minimum atomic E-state index is -0.0265. The molecule has 1 N–H and O–H groups in total. The molecule has 0 radical (unpaired) electrons. The summed E-state index contributed by atoms with van der Waals surface area (Å²) in [6.07, 6.45) is 1.69. The van der Waals surface area contributed by atoms with Gasteiger partial charge in [-0.3, -0.25) is 9.69 Å². The zero-order valence-electron chi connectivity index (χ0n) is 9.36. The number of aromatic nitrogens is 1. The van der Waals surface area contributed by atoms with Gasteiger partial charge in [-0.2, -0.15) is 0 Å². The van der Waals surface area contributed by atoms with Crippen molar-refractivity contribution in [2.75, 3.05) is 38.2 Å². The van der Waals surface area contributed by atoms with E-state index in [1.54, 1.807) is 6.20 Å². The Morgan fingerprint density at radius 2 is 2.29 bits per heavy atom. The Hall–Kier alpha value is -0.730. The molecule has 6 heteroatoms. The summed E-state index contributed by atoms with van der Waals surface area (Å²) in [4.78, 5) is 17.9. The van der Waals surface area contributed by atoms with E-state index in [2.05, 4.69) is 37.8 Å². The minimum Gasteiger partial charge on any atom is -0.379 e. The zero-order valence-corrected chi connectivity index (χ0v) is 11.5. The lowest BCUT2D eigenvalue weighted by atomic mass is 10.4. The Balaban J connectivity index is 1.84. The average molecular weight is 347 g/mol. The summed E-state index contributed by atoms with van der Waals surface area (Å²) in [5.41, 5.74) is 0. The van der Waals surface area contributed by atoms with Crippen LogP contribution < -0.4 is 5.32 Å². The number of amides is 1. The van der Waals surface area contributed by atoms with Gasteiger partial charge in [0, 0.05) is 22.9 Å². The quantitative estimate of drug-likeness (QED) is 0.828. The SMILES string of the molecule is O=C(CN1CCOCC1)Nc1cc(I)ccn1. The normalized spacial score (nSPS) is 16.8. The summed E-state index contributed by atoms with van der Waals surface area (Å²) in [5.74, 6) is 0.580. The van der Waals surface area contributed by atoms with Gasteiger partial charge in [0.2, 0.25) is 5.91 Å². The minimum absolute atomic E-state index is 0.0265. The van der Waals surface area contributed by atoms with E-state index in [4.69, 9.17) is 4.74 Å². The Morgan fingerprint density at radius 1 is 1.53 bits per heavy atom. The molecular weight excluding hydrogens is 333 g/mol. The molecule has 0 unspecified atom stereocenters. The van der Waals surface area contributed by atoms with E-state index < -0.39 is 0 Å². The van der Waals surface area contributed by atoms with Crippen molar-refractivity contribution >= 4 is 34.3 Å². The first-order valence-electron chi connectivity index (χ1n) is 5.45. The highest BCUT2D eigenvalue weighted by molar-refractivity contribution is 14.1. The smallest absolute Gasteiger partial charge is 0.239 e. The van der Waals surface area contributed by atoms with Gasteiger partial charge in [0.15, 0.2) is 0 Å². The van der Waals surface area contributed by atoms with Crippen LogP contribution >= 0.6 is 22.6 Å². The van der Waals surface area contributed by atoms with E-state index in [1.165, 1.54) is 0 Å². The third-order valence-corrected chi connectivity index (χ3v) is 3.13. The van der Waals surface area contributed by atoms with E-state index in [9.17, 15) is 4.79 Å². The Kier molecular flexibility index (Phi) is 4.69. The van der Waals surface area contributed by atoms with Crippen LogP contribution in [0.2, 0.25) is 0 Å². The number of anilines is 1. The first kappa shape index (κ1) is 12.7. The van der Waals surface area contributed by atoms with Gasteiger partial charge in [0.05, 0.1) is 19.8 Å². The summed E-state index contributed by atoms with van der Waals surface area (Å²) >= 11 is 2.19. The molecule has 2 heterocycles. The number of morpholine rings is 1. The van der Waals surface area contributed by atoms with Crippen molar-refractivity contribution in [2.24, 2.45) is 0 Å². The molecule has 0 aliphatic carbocycles. The lowest BCUT2D eigenvalue weighted by Gasteiger charge is -2.25. The fraction of sp³-hybridized carbons (Fsp3) is 0.455. The maximum Gasteiger partial charge on any atom is 0.239 e. The van der Waals surface area contributed by atoms with Crippen LogP contribution in [0, 0.1) is 3.57 Å². The molecule has 1 aliphatic rings. The molecule has 0 spiro atoms. The van der Waals surface area contributed by atoms with Gasteiger partial charge in [-0.25, -0.2) is 4.98 Å². The molecule has 0 atom stereocenters. The second-order valence-corrected chi connectivity index (χ2v) is 5.04. The first-order chi connectivity index (χ1) is 8.24. The van der Waals surface area contributed by atoms with E-state index in [-0.39, 0.29) is 5.91 Å². The largest absolute Gasteiger partial charge is 0.379 e. The highest BCUT2D eigenvalue weighted by Crippen LogP contribution is 2.09. The van der Waals surface area contributed by atoms with Crippen LogP contribution in [0.25, 0.3) is 0 Å². The highest BCUT2D eigenvalue weighted by atomic mass is 127. The standard InChI is InChI=1S/C11H14IN3O2/c12-9-1-2-13-10(7-9)14-11(16)8-15-3-5-17-6-4-15/h1-2,7H,3-6,8H2,(H,13,14,16). The van der Waals surface area contributed by atoms with Crippen molar-refractivity contribution in [1.82, 2.24) is 9.88 Å². The summed E-state index contributed by atoms with van der Waals surface area (Å²) < 4.78 is 6.28. The summed E-state index contributed by atoms with van der Waals surface area (Å²) in [5, 5.41) is 2.79. The lowest BCUT2D eigenvalue weighted by molar-refractivity contribution is -0.118. The first-order valence-corrected chi connectivity index (χ1v) is 6.53. The lowest BCUT2D eigenvalue weighted by Crippen LogP contribution is -2.41. The highest BCUT2D eigenvalue weighted by Gasteiger charge is 2.14. The van der Waals surface area contributed by atoms with Crippen LogP contribution in [0.3, 0.4) is 0 Å². The number of hydrogen-bond donors (Lipinski definition) is 1. The molecule has 0 aromatic carbocycles. The van der Waals surface area contributed by atoms with Gasteiger partial charge < -0.3 is 10.1 Å². The van der Waals surface area contributed by atoms with Crippen molar-refractivity contribution < 1.29 is 9.53 Å². The van der Waals surface area contributed by atoms with Crippen molar-refractivity contribution in [1.29, 1.82) is 0 Å². The number of carbonyl (C=O) groups excluding carboxylic acids is 1. The second-order valence-electron chi connectivity index (χ2n) is 3.80. The molecule has 1 saturated heterocycles. The molecular formula is C11H14IN3O2. The van der Waals surface area contributed by atoms with Crippen LogP contribution in [0.15, 0.2) is 18.3 Å². The summed E-state index contributed by atoms with van der Waals surface area (Å²) in [6.45, 7) is 3.43. The molecule has 1 aromatic rings. The van der Waals surface area contributed by atoms with Gasteiger partial charge >= 0.3 is 0 Å². The average Bonchev–Trinajstić information content (AvgIpc) is 2.30. The van der Waals surface area contributed by atoms with E-state index in [0.717, 1.165) is 16.7 Å². The van der Waals surface area contributed by atoms with E-state index in [1.807, 2.05) is 12.1 Å². The van der Waals surface area contributed by atoms with Gasteiger partial charge in [-0.1, -0.05) is 0 Å². The fourth-order valence-corrected chi connectivity index (χ4v) is 2.07. The molecule has 5 nitrogen and oxygen atoms in total. The maximum atomic E-state index is 11.8. The van der Waals surface area contributed by atoms with Crippen LogP contribution in [0.4, 0.5) is 5.82 Å². The van der Waals surface area contributed by atoms with Crippen LogP contribution in [-0.4, -0.2) is 48.6 Å². The number of nitrogens with one attached hydrogen (secondary N) is 1. The van der Waals surface area contributed by atoms with Gasteiger partial charge in [0.25, 0.3) is 0 Å². The number of hydrogen-bond acceptors (Lipinski definition) is 4. The van der Waals surface area contributed by atoms with Crippen LogP contribution in [0.5, 0.6) is 0 Å². The van der Waals surface area contributed by atoms with E-state index >= 15 is 0 Å². The van der Waals surface area contributed by atoms with Gasteiger partial charge in [0.1, 0.15) is 5.82 Å². The number of halogens is 1. The molecule has 2 rings (SSSR count). The van der Waals surface area contributed by atoms with Crippen molar-refractivity contribution in [2.45, 2.75) is 0 Å². The number of nitrogens with zero attached hydrogens (tertiary/aromatic N) is 2. The Morgan fingerprint density at radius 3 is 3.00 bits per heavy atom. The number of ether oxygens (including phenoxy) is 1. The molecule has 1 aromatic heterocycles.